The van der Waals surface area contributed by atoms with E-state index in [1.165, 1.54) is 18.2 Å². The van der Waals surface area contributed by atoms with Crippen molar-refractivity contribution in [1.82, 2.24) is 10.6 Å². The summed E-state index contributed by atoms with van der Waals surface area (Å²) < 4.78 is 14.9. The summed E-state index contributed by atoms with van der Waals surface area (Å²) in [5.74, 6) is -1.87. The number of hydrogen-bond acceptors (Lipinski definition) is 7. The van der Waals surface area contributed by atoms with Crippen LogP contribution in [0.1, 0.15) is 45.4 Å². The van der Waals surface area contributed by atoms with Gasteiger partial charge in [0.25, 0.3) is 0 Å². The van der Waals surface area contributed by atoms with Gasteiger partial charge >= 0.3 is 23.9 Å². The van der Waals surface area contributed by atoms with Crippen molar-refractivity contribution < 1.29 is 33.4 Å². The number of rotatable bonds is 17. The fraction of sp³-hybridized carbons (Fsp3) is 0.545. The quantitative estimate of drug-likeness (QED) is 0.155. The van der Waals surface area contributed by atoms with Crippen molar-refractivity contribution in [2.45, 2.75) is 57.5 Å². The number of hydrogen-bond donors (Lipinski definition) is 2. The van der Waals surface area contributed by atoms with Gasteiger partial charge in [-0.25, -0.2) is 14.4 Å². The summed E-state index contributed by atoms with van der Waals surface area (Å²) in [5, 5.41) is 4.99. The highest BCUT2D eigenvalue weighted by molar-refractivity contribution is 5.87. The molecule has 9 heteroatoms. The molecule has 0 aromatic carbocycles. The molecule has 0 bridgehead atoms. The van der Waals surface area contributed by atoms with Crippen molar-refractivity contribution in [2.75, 3.05) is 19.8 Å². The zero-order chi connectivity index (χ0) is 23.5. The van der Waals surface area contributed by atoms with Crippen LogP contribution in [0.5, 0.6) is 0 Å². The molecule has 9 nitrogen and oxygen atoms in total. The third-order valence-corrected chi connectivity index (χ3v) is 3.96. The summed E-state index contributed by atoms with van der Waals surface area (Å²) >= 11 is 0. The van der Waals surface area contributed by atoms with Crippen molar-refractivity contribution in [1.29, 1.82) is 0 Å². The van der Waals surface area contributed by atoms with Gasteiger partial charge in [0.15, 0.2) is 0 Å². The number of unbranched alkanes of at least 4 members (excludes halogenated alkanes) is 2. The topological polar surface area (TPSA) is 120 Å². The Morgan fingerprint density at radius 1 is 0.774 bits per heavy atom. The van der Waals surface area contributed by atoms with E-state index < -0.39 is 36.0 Å². The van der Waals surface area contributed by atoms with Crippen LogP contribution in [-0.4, -0.2) is 55.8 Å². The number of amides is 2. The van der Waals surface area contributed by atoms with E-state index in [0.717, 1.165) is 12.8 Å². The van der Waals surface area contributed by atoms with Gasteiger partial charge < -0.3 is 24.8 Å². The minimum absolute atomic E-state index is 0.0235. The van der Waals surface area contributed by atoms with Crippen LogP contribution in [0.25, 0.3) is 0 Å². The molecular weight excluding hydrogens is 404 g/mol. The van der Waals surface area contributed by atoms with Crippen LogP contribution < -0.4 is 10.6 Å². The van der Waals surface area contributed by atoms with E-state index in [9.17, 15) is 19.2 Å². The number of carbonyl (C=O) groups is 4. The molecule has 0 heterocycles. The molecule has 0 radical (unpaired) electrons. The summed E-state index contributed by atoms with van der Waals surface area (Å²) in [5.41, 5.74) is 0. The molecule has 0 aliphatic heterocycles. The molecule has 0 fully saturated rings. The molecule has 0 aromatic rings. The third kappa shape index (κ3) is 13.7. The van der Waals surface area contributed by atoms with Crippen LogP contribution >= 0.6 is 0 Å². The van der Waals surface area contributed by atoms with Gasteiger partial charge in [-0.1, -0.05) is 64.2 Å². The number of urea groups is 1. The lowest BCUT2D eigenvalue weighted by atomic mass is 10.1. The van der Waals surface area contributed by atoms with Gasteiger partial charge in [0.1, 0.15) is 31.9 Å². The molecule has 0 saturated carbocycles. The minimum atomic E-state index is -1.11. The normalized spacial score (nSPS) is 11.9. The molecule has 1 unspecified atom stereocenters. The molecule has 0 rings (SSSR count). The van der Waals surface area contributed by atoms with Crippen LogP contribution in [0.3, 0.4) is 0 Å². The van der Waals surface area contributed by atoms with Crippen LogP contribution in [0.2, 0.25) is 0 Å². The summed E-state index contributed by atoms with van der Waals surface area (Å²) in [7, 11) is 0. The van der Waals surface area contributed by atoms with Gasteiger partial charge in [0.05, 0.1) is 0 Å². The number of nitrogens with one attached hydrogen (secondary N) is 2. The molecular formula is C22H34N2O7. The second-order valence-corrected chi connectivity index (χ2v) is 6.57. The second-order valence-electron chi connectivity index (χ2n) is 6.57. The van der Waals surface area contributed by atoms with E-state index in [-0.39, 0.29) is 32.7 Å². The predicted octanol–water partition coefficient (Wildman–Crippen LogP) is 2.57. The fourth-order valence-corrected chi connectivity index (χ4v) is 2.42. The molecule has 31 heavy (non-hydrogen) atoms. The zero-order valence-electron chi connectivity index (χ0n) is 18.2. The molecule has 2 N–H and O–H groups in total. The van der Waals surface area contributed by atoms with E-state index in [1.807, 2.05) is 6.92 Å². The van der Waals surface area contributed by atoms with Crippen molar-refractivity contribution in [2.24, 2.45) is 0 Å². The van der Waals surface area contributed by atoms with Crippen molar-refractivity contribution in [3.8, 4) is 0 Å². The van der Waals surface area contributed by atoms with Crippen molar-refractivity contribution in [3.05, 3.63) is 38.0 Å². The van der Waals surface area contributed by atoms with Crippen LogP contribution in [0, 0.1) is 0 Å². The van der Waals surface area contributed by atoms with E-state index >= 15 is 0 Å². The Kier molecular flexibility index (Phi) is 16.0. The lowest BCUT2D eigenvalue weighted by molar-refractivity contribution is -0.146. The summed E-state index contributed by atoms with van der Waals surface area (Å²) in [6, 6.07) is -2.75. The summed E-state index contributed by atoms with van der Waals surface area (Å²) in [6.45, 7) is 12.4. The van der Waals surface area contributed by atoms with E-state index in [2.05, 4.69) is 30.4 Å². The van der Waals surface area contributed by atoms with Gasteiger partial charge in [0, 0.05) is 6.42 Å². The molecule has 0 aromatic heterocycles. The Labute approximate surface area is 183 Å². The SMILES string of the molecule is C=CCOC(=O)CCC(NC(=O)N[C@@H](CCCCC)C(=O)OCC=C)C(=O)OCC=C. The van der Waals surface area contributed by atoms with Crippen molar-refractivity contribution in [3.63, 3.8) is 0 Å². The van der Waals surface area contributed by atoms with E-state index in [0.29, 0.717) is 12.8 Å². The maximum absolute atomic E-state index is 12.5. The highest BCUT2D eigenvalue weighted by Gasteiger charge is 2.27. The van der Waals surface area contributed by atoms with Crippen molar-refractivity contribution >= 4 is 23.9 Å². The lowest BCUT2D eigenvalue weighted by Crippen LogP contribution is -2.51. The Balaban J connectivity index is 5.04. The minimum Gasteiger partial charge on any atom is -0.461 e. The number of esters is 3. The van der Waals surface area contributed by atoms with Crippen LogP contribution in [0.15, 0.2) is 38.0 Å². The molecule has 2 amide bonds. The van der Waals surface area contributed by atoms with Gasteiger partial charge in [-0.3, -0.25) is 4.79 Å². The maximum Gasteiger partial charge on any atom is 0.329 e. The molecule has 0 saturated heterocycles. The average molecular weight is 439 g/mol. The van der Waals surface area contributed by atoms with Crippen LogP contribution in [0.4, 0.5) is 4.79 Å². The standard InChI is InChI=1S/C22H34N2O7/c1-5-9-10-11-17(20(26)30-15-7-3)23-22(28)24-18(21(27)31-16-8-4)12-13-19(25)29-14-6-2/h6-8,17-18H,2-5,9-16H2,1H3,(H2,23,24,28)/t17-,18?/m0/s1. The predicted molar refractivity (Wildman–Crippen MR) is 116 cm³/mol. The highest BCUT2D eigenvalue weighted by Crippen LogP contribution is 2.07. The Morgan fingerprint density at radius 3 is 1.74 bits per heavy atom. The first-order chi connectivity index (χ1) is 14.9. The largest absolute Gasteiger partial charge is 0.461 e. The van der Waals surface area contributed by atoms with E-state index in [4.69, 9.17) is 14.2 Å². The van der Waals surface area contributed by atoms with Gasteiger partial charge in [0.2, 0.25) is 0 Å². The highest BCUT2D eigenvalue weighted by atomic mass is 16.5. The molecule has 0 spiro atoms. The average Bonchev–Trinajstić information content (AvgIpc) is 2.76. The zero-order valence-corrected chi connectivity index (χ0v) is 18.2. The van der Waals surface area contributed by atoms with E-state index in [1.54, 1.807) is 0 Å². The van der Waals surface area contributed by atoms with Gasteiger partial charge in [-0.2, -0.15) is 0 Å². The van der Waals surface area contributed by atoms with Gasteiger partial charge in [-0.15, -0.1) is 0 Å². The summed E-state index contributed by atoms with van der Waals surface area (Å²) in [4.78, 5) is 48.6. The first-order valence-corrected chi connectivity index (χ1v) is 10.3. The lowest BCUT2D eigenvalue weighted by Gasteiger charge is -2.21. The molecule has 0 aliphatic rings. The molecule has 0 aliphatic carbocycles. The monoisotopic (exact) mass is 438 g/mol. The maximum atomic E-state index is 12.5. The smallest absolute Gasteiger partial charge is 0.329 e. The van der Waals surface area contributed by atoms with Crippen LogP contribution in [-0.2, 0) is 28.6 Å². The first-order valence-electron chi connectivity index (χ1n) is 10.3. The molecule has 2 atom stereocenters. The molecule has 174 valence electrons. The fourth-order valence-electron chi connectivity index (χ4n) is 2.42. The summed E-state index contributed by atoms with van der Waals surface area (Å²) in [6.07, 6.45) is 7.00. The Morgan fingerprint density at radius 2 is 1.26 bits per heavy atom. The second kappa shape index (κ2) is 17.7. The Bertz CT molecular complexity index is 619. The Hall–Kier alpha value is -3.10. The number of carbonyl (C=O) groups excluding carboxylic acids is 4. The number of ether oxygens (including phenoxy) is 3. The van der Waals surface area contributed by atoms with Gasteiger partial charge in [-0.05, 0) is 12.8 Å². The first kappa shape index (κ1) is 27.9. The third-order valence-electron chi connectivity index (χ3n) is 3.96.